The van der Waals surface area contributed by atoms with Crippen LogP contribution < -0.4 is 10.6 Å². The van der Waals surface area contributed by atoms with Gasteiger partial charge in [0, 0.05) is 44.8 Å². The minimum Gasteiger partial charge on any atom is -0.350 e. The van der Waals surface area contributed by atoms with Crippen LogP contribution in [0.5, 0.6) is 0 Å². The van der Waals surface area contributed by atoms with E-state index >= 15 is 0 Å². The number of amides is 2. The zero-order valence-electron chi connectivity index (χ0n) is 20.4. The predicted molar refractivity (Wildman–Crippen MR) is 133 cm³/mol. The molecule has 0 aromatic heterocycles. The van der Waals surface area contributed by atoms with Crippen molar-refractivity contribution in [1.29, 1.82) is 0 Å². The second-order valence-corrected chi connectivity index (χ2v) is 9.26. The molecule has 1 atom stereocenters. The quantitative estimate of drug-likeness (QED) is 0.616. The Morgan fingerprint density at radius 2 is 1.52 bits per heavy atom. The van der Waals surface area contributed by atoms with Gasteiger partial charge in [0.25, 0.3) is 5.91 Å². The van der Waals surface area contributed by atoms with E-state index in [9.17, 15) is 9.59 Å². The zero-order valence-corrected chi connectivity index (χ0v) is 20.4. The number of hydrogen-bond donors (Lipinski definition) is 2. The highest BCUT2D eigenvalue weighted by Gasteiger charge is 2.25. The number of likely N-dealkylation sites (N-methyl/N-ethyl adjacent to an activating group) is 1. The molecule has 1 heterocycles. The summed E-state index contributed by atoms with van der Waals surface area (Å²) in [6.07, 6.45) is 0. The molecule has 2 amide bonds. The maximum absolute atomic E-state index is 13.0. The van der Waals surface area contributed by atoms with Crippen molar-refractivity contribution in [1.82, 2.24) is 20.4 Å². The molecule has 3 rings (SSSR count). The van der Waals surface area contributed by atoms with Crippen molar-refractivity contribution in [2.24, 2.45) is 5.92 Å². The van der Waals surface area contributed by atoms with Crippen LogP contribution in [0, 0.1) is 12.8 Å². The van der Waals surface area contributed by atoms with E-state index in [2.05, 4.69) is 45.6 Å². The van der Waals surface area contributed by atoms with Crippen LogP contribution in [0.15, 0.2) is 48.5 Å². The Labute approximate surface area is 198 Å². The molecule has 6 nitrogen and oxygen atoms in total. The minimum atomic E-state index is -0.590. The third kappa shape index (κ3) is 7.14. The van der Waals surface area contributed by atoms with Gasteiger partial charge >= 0.3 is 0 Å². The number of piperazine rings is 1. The Bertz CT molecular complexity index is 918. The Kier molecular flexibility index (Phi) is 9.03. The number of hydrogen-bond acceptors (Lipinski definition) is 4. The van der Waals surface area contributed by atoms with Crippen molar-refractivity contribution in [3.63, 3.8) is 0 Å². The Hall–Kier alpha value is -2.70. The molecule has 0 saturated carbocycles. The third-order valence-corrected chi connectivity index (χ3v) is 6.43. The summed E-state index contributed by atoms with van der Waals surface area (Å²) in [7, 11) is 0. The second kappa shape index (κ2) is 12.0. The molecule has 1 aliphatic rings. The largest absolute Gasteiger partial charge is 0.350 e. The fourth-order valence-electron chi connectivity index (χ4n) is 4.15. The number of aryl methyl sites for hydroxylation is 1. The summed E-state index contributed by atoms with van der Waals surface area (Å²) in [4.78, 5) is 30.6. The number of carbonyl (C=O) groups excluding carboxylic acids is 2. The van der Waals surface area contributed by atoms with Gasteiger partial charge in [0.05, 0.1) is 0 Å². The van der Waals surface area contributed by atoms with Gasteiger partial charge in [0.2, 0.25) is 5.91 Å². The van der Waals surface area contributed by atoms with Crippen LogP contribution in [0.4, 0.5) is 0 Å². The van der Waals surface area contributed by atoms with E-state index in [1.54, 1.807) is 12.1 Å². The van der Waals surface area contributed by atoms with Crippen LogP contribution in [0.25, 0.3) is 0 Å². The predicted octanol–water partition coefficient (Wildman–Crippen LogP) is 3.20. The van der Waals surface area contributed by atoms with Crippen LogP contribution in [0.2, 0.25) is 0 Å². The number of benzene rings is 2. The molecule has 0 aliphatic carbocycles. The van der Waals surface area contributed by atoms with Gasteiger partial charge in [0.15, 0.2) is 0 Å². The van der Waals surface area contributed by atoms with E-state index in [1.165, 1.54) is 5.56 Å². The Morgan fingerprint density at radius 1 is 0.909 bits per heavy atom. The lowest BCUT2D eigenvalue weighted by Crippen LogP contribution is -2.49. The molecule has 1 saturated heterocycles. The van der Waals surface area contributed by atoms with E-state index in [0.29, 0.717) is 12.1 Å². The summed E-state index contributed by atoms with van der Waals surface area (Å²) in [5.41, 5.74) is 4.02. The zero-order chi connectivity index (χ0) is 23.8. The Balaban J connectivity index is 1.59. The first-order chi connectivity index (χ1) is 15.9. The first kappa shape index (κ1) is 24.9. The second-order valence-electron chi connectivity index (χ2n) is 9.26. The first-order valence-electron chi connectivity index (χ1n) is 12.0. The summed E-state index contributed by atoms with van der Waals surface area (Å²) in [6.45, 7) is 14.9. The fourth-order valence-corrected chi connectivity index (χ4v) is 4.15. The van der Waals surface area contributed by atoms with Crippen LogP contribution in [0.1, 0.15) is 47.8 Å². The number of nitrogens with one attached hydrogen (secondary N) is 2. The molecule has 2 N–H and O–H groups in total. The highest BCUT2D eigenvalue weighted by atomic mass is 16.2. The van der Waals surface area contributed by atoms with Gasteiger partial charge in [-0.05, 0) is 42.6 Å². The maximum Gasteiger partial charge on any atom is 0.251 e. The average molecular weight is 451 g/mol. The number of nitrogens with zero attached hydrogens (tertiary/aromatic N) is 2. The molecule has 1 fully saturated rings. The monoisotopic (exact) mass is 450 g/mol. The lowest BCUT2D eigenvalue weighted by molar-refractivity contribution is -0.124. The SMILES string of the molecule is CCN1CCN(Cc2ccccc2CNC(=O)C(NC(=O)c2ccc(C)cc2)C(C)C)CC1. The molecule has 178 valence electrons. The Morgan fingerprint density at radius 3 is 2.12 bits per heavy atom. The first-order valence-corrected chi connectivity index (χ1v) is 12.0. The molecule has 2 aromatic rings. The molecule has 1 aliphatic heterocycles. The molecule has 6 heteroatoms. The van der Waals surface area contributed by atoms with Crippen molar-refractivity contribution in [2.75, 3.05) is 32.7 Å². The van der Waals surface area contributed by atoms with E-state index in [1.807, 2.05) is 39.0 Å². The third-order valence-electron chi connectivity index (χ3n) is 6.43. The maximum atomic E-state index is 13.0. The summed E-state index contributed by atoms with van der Waals surface area (Å²) in [6, 6.07) is 15.1. The van der Waals surface area contributed by atoms with Gasteiger partial charge < -0.3 is 15.5 Å². The molecule has 0 radical (unpaired) electrons. The van der Waals surface area contributed by atoms with Crippen molar-refractivity contribution in [3.05, 3.63) is 70.8 Å². The van der Waals surface area contributed by atoms with Gasteiger partial charge in [-0.3, -0.25) is 14.5 Å². The molecular weight excluding hydrogens is 412 g/mol. The van der Waals surface area contributed by atoms with Gasteiger partial charge in [-0.1, -0.05) is 62.7 Å². The fraction of sp³-hybridized carbons (Fsp3) is 0.481. The number of rotatable bonds is 9. The molecule has 1 unspecified atom stereocenters. The molecule has 0 spiro atoms. The summed E-state index contributed by atoms with van der Waals surface area (Å²) in [5, 5.41) is 5.97. The molecule has 2 aromatic carbocycles. The van der Waals surface area contributed by atoms with Crippen molar-refractivity contribution >= 4 is 11.8 Å². The van der Waals surface area contributed by atoms with Crippen molar-refractivity contribution in [3.8, 4) is 0 Å². The smallest absolute Gasteiger partial charge is 0.251 e. The van der Waals surface area contributed by atoms with Gasteiger partial charge in [-0.2, -0.15) is 0 Å². The van der Waals surface area contributed by atoms with E-state index in [-0.39, 0.29) is 17.7 Å². The van der Waals surface area contributed by atoms with Crippen LogP contribution in [-0.2, 0) is 17.9 Å². The summed E-state index contributed by atoms with van der Waals surface area (Å²) >= 11 is 0. The highest BCUT2D eigenvalue weighted by molar-refractivity contribution is 5.97. The summed E-state index contributed by atoms with van der Waals surface area (Å²) in [5.74, 6) is -0.406. The van der Waals surface area contributed by atoms with E-state index in [4.69, 9.17) is 0 Å². The normalized spacial score (nSPS) is 15.9. The minimum absolute atomic E-state index is 0.0236. The lowest BCUT2D eigenvalue weighted by Gasteiger charge is -2.34. The summed E-state index contributed by atoms with van der Waals surface area (Å²) < 4.78 is 0. The topological polar surface area (TPSA) is 64.7 Å². The molecular formula is C27H38N4O2. The molecule has 0 bridgehead atoms. The van der Waals surface area contributed by atoms with Crippen molar-refractivity contribution in [2.45, 2.75) is 46.8 Å². The number of carbonyl (C=O) groups is 2. The molecule has 33 heavy (non-hydrogen) atoms. The van der Waals surface area contributed by atoms with Crippen LogP contribution in [-0.4, -0.2) is 60.4 Å². The standard InChI is InChI=1S/C27H38N4O2/c1-5-30-14-16-31(17-15-30)19-24-9-7-6-8-23(24)18-28-27(33)25(20(2)3)29-26(32)22-12-10-21(4)11-13-22/h6-13,20,25H,5,14-19H2,1-4H3,(H,28,33)(H,29,32). The van der Waals surface area contributed by atoms with Crippen molar-refractivity contribution < 1.29 is 9.59 Å². The van der Waals surface area contributed by atoms with E-state index in [0.717, 1.165) is 50.4 Å². The van der Waals surface area contributed by atoms with Crippen LogP contribution >= 0.6 is 0 Å². The van der Waals surface area contributed by atoms with E-state index < -0.39 is 6.04 Å². The van der Waals surface area contributed by atoms with Gasteiger partial charge in [-0.25, -0.2) is 0 Å². The highest BCUT2D eigenvalue weighted by Crippen LogP contribution is 2.14. The average Bonchev–Trinajstić information content (AvgIpc) is 2.82. The van der Waals surface area contributed by atoms with Crippen LogP contribution in [0.3, 0.4) is 0 Å². The lowest BCUT2D eigenvalue weighted by atomic mass is 10.0. The van der Waals surface area contributed by atoms with Gasteiger partial charge in [0.1, 0.15) is 6.04 Å². The van der Waals surface area contributed by atoms with Gasteiger partial charge in [-0.15, -0.1) is 0 Å².